The average Bonchev–Trinajstić information content (AvgIpc) is 2.68. The van der Waals surface area contributed by atoms with Crippen LogP contribution < -0.4 is 10.4 Å². The first-order valence-corrected chi connectivity index (χ1v) is 5.16. The maximum absolute atomic E-state index is 13.1. The summed E-state index contributed by atoms with van der Waals surface area (Å²) in [4.78, 5) is 11.7. The van der Waals surface area contributed by atoms with Crippen molar-refractivity contribution in [3.8, 4) is 11.4 Å². The first-order chi connectivity index (χ1) is 8.63. The molecule has 0 aliphatic rings. The Kier molecular flexibility index (Phi) is 3.38. The molecule has 0 unspecified atom stereocenters. The number of aryl methyl sites for hydroxylation is 1. The Bertz CT molecular complexity index is 607. The fraction of sp³-hybridized carbons (Fsp3) is 0.300. The summed E-state index contributed by atoms with van der Waals surface area (Å²) in [5.74, 6) is -0.393. The molecule has 0 aliphatic carbocycles. The number of halogens is 1. The monoisotopic (exact) mass is 254 g/mol. The third-order valence-corrected chi connectivity index (χ3v) is 2.22. The highest BCUT2D eigenvalue weighted by molar-refractivity contribution is 5.45. The fourth-order valence-corrected chi connectivity index (χ4v) is 1.40. The quantitative estimate of drug-likeness (QED) is 0.793. The number of rotatable bonds is 4. The lowest BCUT2D eigenvalue weighted by atomic mass is 10.3. The molecule has 0 spiro atoms. The van der Waals surface area contributed by atoms with Gasteiger partial charge in [0, 0.05) is 13.1 Å². The Morgan fingerprint density at radius 3 is 2.83 bits per heavy atom. The Balaban J connectivity index is 2.49. The van der Waals surface area contributed by atoms with E-state index in [4.69, 9.17) is 9.84 Å². The molecule has 1 aromatic heterocycles. The SMILES string of the molecule is Cn1nnn(-c2ccc(F)cc2OCCO)c1=O. The topological polar surface area (TPSA) is 82.2 Å². The van der Waals surface area contributed by atoms with Crippen LogP contribution in [-0.2, 0) is 7.05 Å². The van der Waals surface area contributed by atoms with Crippen LogP contribution in [0, 0.1) is 5.82 Å². The molecule has 1 aromatic carbocycles. The summed E-state index contributed by atoms with van der Waals surface area (Å²) in [5.41, 5.74) is -0.210. The van der Waals surface area contributed by atoms with Crippen molar-refractivity contribution in [1.82, 2.24) is 19.8 Å². The number of aromatic nitrogens is 4. The van der Waals surface area contributed by atoms with Gasteiger partial charge in [0.2, 0.25) is 0 Å². The number of nitrogens with zero attached hydrogens (tertiary/aromatic N) is 4. The lowest BCUT2D eigenvalue weighted by molar-refractivity contribution is 0.200. The molecule has 0 bridgehead atoms. The molecule has 1 heterocycles. The first-order valence-electron chi connectivity index (χ1n) is 5.16. The second-order valence-corrected chi connectivity index (χ2v) is 3.48. The molecule has 8 heteroatoms. The van der Waals surface area contributed by atoms with Gasteiger partial charge in [-0.2, -0.15) is 9.36 Å². The van der Waals surface area contributed by atoms with Gasteiger partial charge in [0.15, 0.2) is 0 Å². The van der Waals surface area contributed by atoms with Gasteiger partial charge in [0.05, 0.1) is 6.61 Å². The molecular weight excluding hydrogens is 243 g/mol. The van der Waals surface area contributed by atoms with Crippen molar-refractivity contribution in [2.24, 2.45) is 7.05 Å². The van der Waals surface area contributed by atoms with Crippen molar-refractivity contribution in [2.75, 3.05) is 13.2 Å². The molecule has 2 rings (SSSR count). The standard InChI is InChI=1S/C10H11FN4O3/c1-14-10(17)15(13-12-14)8-3-2-7(11)6-9(8)18-5-4-16/h2-3,6,16H,4-5H2,1H3. The Morgan fingerprint density at radius 1 is 1.44 bits per heavy atom. The number of ether oxygens (including phenoxy) is 1. The minimum Gasteiger partial charge on any atom is -0.489 e. The Labute approximate surface area is 101 Å². The first kappa shape index (κ1) is 12.2. The highest BCUT2D eigenvalue weighted by Crippen LogP contribution is 2.22. The van der Waals surface area contributed by atoms with Crippen molar-refractivity contribution in [3.05, 3.63) is 34.5 Å². The van der Waals surface area contributed by atoms with E-state index >= 15 is 0 Å². The maximum Gasteiger partial charge on any atom is 0.368 e. The normalized spacial score (nSPS) is 10.6. The Morgan fingerprint density at radius 2 is 2.22 bits per heavy atom. The van der Waals surface area contributed by atoms with Gasteiger partial charge < -0.3 is 9.84 Å². The minimum atomic E-state index is -0.511. The van der Waals surface area contributed by atoms with Crippen molar-refractivity contribution >= 4 is 0 Å². The molecule has 18 heavy (non-hydrogen) atoms. The van der Waals surface area contributed by atoms with Gasteiger partial charge in [0.25, 0.3) is 0 Å². The van der Waals surface area contributed by atoms with E-state index in [0.717, 1.165) is 15.4 Å². The van der Waals surface area contributed by atoms with Crippen molar-refractivity contribution in [2.45, 2.75) is 0 Å². The van der Waals surface area contributed by atoms with Gasteiger partial charge in [-0.05, 0) is 22.6 Å². The number of benzene rings is 1. The number of tetrazole rings is 1. The van der Waals surface area contributed by atoms with Gasteiger partial charge in [0.1, 0.15) is 23.9 Å². The zero-order valence-corrected chi connectivity index (χ0v) is 9.58. The number of aliphatic hydroxyl groups is 1. The summed E-state index contributed by atoms with van der Waals surface area (Å²) >= 11 is 0. The number of hydrogen-bond acceptors (Lipinski definition) is 5. The zero-order chi connectivity index (χ0) is 13.1. The van der Waals surface area contributed by atoms with E-state index in [1.165, 1.54) is 19.2 Å². The van der Waals surface area contributed by atoms with Crippen LogP contribution in [0.15, 0.2) is 23.0 Å². The summed E-state index contributed by atoms with van der Waals surface area (Å²) in [6.07, 6.45) is 0. The largest absolute Gasteiger partial charge is 0.489 e. The van der Waals surface area contributed by atoms with Crippen LogP contribution >= 0.6 is 0 Å². The van der Waals surface area contributed by atoms with Crippen LogP contribution in [0.4, 0.5) is 4.39 Å². The van der Waals surface area contributed by atoms with E-state index in [2.05, 4.69) is 10.4 Å². The van der Waals surface area contributed by atoms with Crippen LogP contribution in [0.3, 0.4) is 0 Å². The zero-order valence-electron chi connectivity index (χ0n) is 9.58. The molecule has 0 amide bonds. The Hall–Kier alpha value is -2.22. The smallest absolute Gasteiger partial charge is 0.368 e. The minimum absolute atomic E-state index is 0.00847. The summed E-state index contributed by atoms with van der Waals surface area (Å²) in [7, 11) is 1.45. The van der Waals surface area contributed by atoms with Crippen LogP contribution in [0.25, 0.3) is 5.69 Å². The van der Waals surface area contributed by atoms with Crippen LogP contribution in [0.1, 0.15) is 0 Å². The molecule has 0 fully saturated rings. The van der Waals surface area contributed by atoms with E-state index in [-0.39, 0.29) is 24.7 Å². The van der Waals surface area contributed by atoms with E-state index in [1.807, 2.05) is 0 Å². The molecule has 0 aliphatic heterocycles. The molecule has 1 N–H and O–H groups in total. The fourth-order valence-electron chi connectivity index (χ4n) is 1.40. The van der Waals surface area contributed by atoms with Crippen molar-refractivity contribution in [3.63, 3.8) is 0 Å². The molecule has 0 radical (unpaired) electrons. The third kappa shape index (κ3) is 2.23. The predicted octanol–water partition coefficient (Wildman–Crippen LogP) is -0.524. The third-order valence-electron chi connectivity index (χ3n) is 2.22. The predicted molar refractivity (Wildman–Crippen MR) is 59.1 cm³/mol. The summed E-state index contributed by atoms with van der Waals surface area (Å²) in [5, 5.41) is 15.9. The van der Waals surface area contributed by atoms with Gasteiger partial charge in [-0.15, -0.1) is 0 Å². The molecular formula is C10H11FN4O3. The second-order valence-electron chi connectivity index (χ2n) is 3.48. The summed E-state index contributed by atoms with van der Waals surface area (Å²) < 4.78 is 20.3. The van der Waals surface area contributed by atoms with Crippen molar-refractivity contribution in [1.29, 1.82) is 0 Å². The van der Waals surface area contributed by atoms with Gasteiger partial charge in [-0.25, -0.2) is 9.18 Å². The van der Waals surface area contributed by atoms with E-state index < -0.39 is 11.5 Å². The molecule has 0 saturated carbocycles. The average molecular weight is 254 g/mol. The van der Waals surface area contributed by atoms with E-state index in [1.54, 1.807) is 0 Å². The molecule has 7 nitrogen and oxygen atoms in total. The lowest BCUT2D eigenvalue weighted by Gasteiger charge is -2.09. The summed E-state index contributed by atoms with van der Waals surface area (Å²) in [6, 6.07) is 3.66. The highest BCUT2D eigenvalue weighted by Gasteiger charge is 2.12. The maximum atomic E-state index is 13.1. The van der Waals surface area contributed by atoms with Crippen LogP contribution in [-0.4, -0.2) is 38.1 Å². The molecule has 96 valence electrons. The van der Waals surface area contributed by atoms with Gasteiger partial charge in [-0.3, -0.25) is 0 Å². The van der Waals surface area contributed by atoms with Gasteiger partial charge >= 0.3 is 5.69 Å². The second kappa shape index (κ2) is 4.96. The number of aliphatic hydroxyl groups excluding tert-OH is 1. The molecule has 0 saturated heterocycles. The van der Waals surface area contributed by atoms with E-state index in [0.29, 0.717) is 0 Å². The van der Waals surface area contributed by atoms with Crippen LogP contribution in [0.2, 0.25) is 0 Å². The van der Waals surface area contributed by atoms with Crippen molar-refractivity contribution < 1.29 is 14.2 Å². The van der Waals surface area contributed by atoms with Gasteiger partial charge in [-0.1, -0.05) is 0 Å². The van der Waals surface area contributed by atoms with E-state index in [9.17, 15) is 9.18 Å². The number of hydrogen-bond donors (Lipinski definition) is 1. The lowest BCUT2D eigenvalue weighted by Crippen LogP contribution is -2.22. The van der Waals surface area contributed by atoms with Crippen LogP contribution in [0.5, 0.6) is 5.75 Å². The highest BCUT2D eigenvalue weighted by atomic mass is 19.1. The molecule has 2 aromatic rings. The molecule has 0 atom stereocenters. The summed E-state index contributed by atoms with van der Waals surface area (Å²) in [6.45, 7) is -0.225.